The quantitative estimate of drug-likeness (QED) is 0.642. The highest BCUT2D eigenvalue weighted by atomic mass is 35.5. The van der Waals surface area contributed by atoms with E-state index in [4.69, 9.17) is 16.3 Å². The Morgan fingerprint density at radius 3 is 2.79 bits per heavy atom. The number of hydrogen-bond acceptors (Lipinski definition) is 4. The van der Waals surface area contributed by atoms with Crippen molar-refractivity contribution in [1.29, 1.82) is 0 Å². The van der Waals surface area contributed by atoms with Crippen molar-refractivity contribution in [3.05, 3.63) is 17.2 Å². The summed E-state index contributed by atoms with van der Waals surface area (Å²) in [6, 6.07) is 0. The number of fused-ring (bicyclic) bond motifs is 1. The van der Waals surface area contributed by atoms with Crippen molar-refractivity contribution in [2.75, 3.05) is 6.61 Å². The highest BCUT2D eigenvalue weighted by Gasteiger charge is 2.26. The van der Waals surface area contributed by atoms with E-state index in [0.717, 1.165) is 0 Å². The molecule has 0 aliphatic carbocycles. The molecule has 2 heterocycles. The predicted molar refractivity (Wildman–Crippen MR) is 61.6 cm³/mol. The smallest absolute Gasteiger partial charge is 0.373 e. The van der Waals surface area contributed by atoms with Crippen LogP contribution in [0.5, 0.6) is 0 Å². The maximum Gasteiger partial charge on any atom is 0.391 e. The number of hydrogen-bond donors (Lipinski definition) is 0. The number of ether oxygens (including phenoxy) is 1. The Balaban J connectivity index is 2.03. The van der Waals surface area contributed by atoms with E-state index in [0.29, 0.717) is 11.0 Å². The van der Waals surface area contributed by atoms with Gasteiger partial charge in [-0.1, -0.05) is 11.6 Å². The van der Waals surface area contributed by atoms with Crippen LogP contribution in [-0.2, 0) is 18.4 Å². The average Bonchev–Trinajstić information content (AvgIpc) is 2.66. The number of alkyl halides is 3. The van der Waals surface area contributed by atoms with Gasteiger partial charge in [-0.25, -0.2) is 9.97 Å². The Bertz CT molecular complexity index is 584. The van der Waals surface area contributed by atoms with E-state index in [1.165, 1.54) is 10.9 Å². The lowest BCUT2D eigenvalue weighted by Crippen LogP contribution is -2.12. The van der Waals surface area contributed by atoms with Crippen molar-refractivity contribution < 1.29 is 17.9 Å². The van der Waals surface area contributed by atoms with Crippen LogP contribution in [0.15, 0.2) is 6.20 Å². The zero-order valence-electron chi connectivity index (χ0n) is 9.91. The van der Waals surface area contributed by atoms with E-state index >= 15 is 0 Å². The first kappa shape index (κ1) is 14.0. The largest absolute Gasteiger partial charge is 0.391 e. The molecule has 104 valence electrons. The Morgan fingerprint density at radius 2 is 2.11 bits per heavy atom. The fraction of sp³-hybridized carbons (Fsp3) is 0.500. The first-order valence-electron chi connectivity index (χ1n) is 5.35. The third kappa shape index (κ3) is 3.54. The van der Waals surface area contributed by atoms with Crippen LogP contribution >= 0.6 is 11.6 Å². The first-order valence-corrected chi connectivity index (χ1v) is 5.73. The van der Waals surface area contributed by atoms with Gasteiger partial charge in [-0.3, -0.25) is 4.68 Å². The fourth-order valence-electron chi connectivity index (χ4n) is 1.45. The molecule has 0 amide bonds. The van der Waals surface area contributed by atoms with E-state index in [2.05, 4.69) is 15.1 Å². The van der Waals surface area contributed by atoms with Gasteiger partial charge in [0.25, 0.3) is 0 Å². The van der Waals surface area contributed by atoms with Gasteiger partial charge in [0.1, 0.15) is 11.8 Å². The van der Waals surface area contributed by atoms with Crippen LogP contribution in [0.1, 0.15) is 12.2 Å². The summed E-state index contributed by atoms with van der Waals surface area (Å²) in [4.78, 5) is 8.07. The Labute approximate surface area is 111 Å². The van der Waals surface area contributed by atoms with Crippen molar-refractivity contribution in [1.82, 2.24) is 19.7 Å². The third-order valence-corrected chi connectivity index (χ3v) is 2.64. The van der Waals surface area contributed by atoms with E-state index in [9.17, 15) is 13.2 Å². The number of nitrogens with zero attached hydrogens (tertiary/aromatic N) is 4. The van der Waals surface area contributed by atoms with Crippen LogP contribution in [0.25, 0.3) is 11.0 Å². The molecule has 0 bridgehead atoms. The average molecular weight is 295 g/mol. The van der Waals surface area contributed by atoms with Gasteiger partial charge in [-0.05, 0) is 0 Å². The Morgan fingerprint density at radius 1 is 1.37 bits per heavy atom. The third-order valence-electron chi connectivity index (χ3n) is 2.35. The molecule has 2 rings (SSSR count). The van der Waals surface area contributed by atoms with Gasteiger partial charge in [0, 0.05) is 7.05 Å². The van der Waals surface area contributed by atoms with Crippen molar-refractivity contribution in [2.24, 2.45) is 7.05 Å². The van der Waals surface area contributed by atoms with Crippen molar-refractivity contribution in [3.8, 4) is 0 Å². The minimum Gasteiger partial charge on any atom is -0.373 e. The molecule has 0 aromatic carbocycles. The van der Waals surface area contributed by atoms with Gasteiger partial charge in [0.05, 0.1) is 24.6 Å². The van der Waals surface area contributed by atoms with Crippen LogP contribution in [-0.4, -0.2) is 32.5 Å². The molecular weight excluding hydrogens is 285 g/mol. The summed E-state index contributed by atoms with van der Waals surface area (Å²) in [6.45, 7) is -0.565. The summed E-state index contributed by atoms with van der Waals surface area (Å²) in [5, 5.41) is 4.75. The van der Waals surface area contributed by atoms with E-state index < -0.39 is 19.2 Å². The van der Waals surface area contributed by atoms with Gasteiger partial charge in [0.2, 0.25) is 0 Å². The van der Waals surface area contributed by atoms with E-state index in [-0.39, 0.29) is 17.6 Å². The lowest BCUT2D eigenvalue weighted by Gasteiger charge is -2.07. The van der Waals surface area contributed by atoms with Crippen LogP contribution in [0, 0.1) is 0 Å². The second-order valence-electron chi connectivity index (χ2n) is 3.85. The SMILES string of the molecule is Cn1ncc2c(Cl)nc(COCCC(F)(F)F)nc21. The van der Waals surface area contributed by atoms with Crippen LogP contribution in [0.4, 0.5) is 13.2 Å². The zero-order chi connectivity index (χ0) is 14.0. The molecule has 5 nitrogen and oxygen atoms in total. The minimum absolute atomic E-state index is 0.128. The highest BCUT2D eigenvalue weighted by Crippen LogP contribution is 2.21. The molecule has 0 aliphatic heterocycles. The topological polar surface area (TPSA) is 52.8 Å². The maximum atomic E-state index is 11.9. The van der Waals surface area contributed by atoms with Crippen molar-refractivity contribution >= 4 is 22.6 Å². The van der Waals surface area contributed by atoms with Gasteiger partial charge in [-0.15, -0.1) is 0 Å². The molecule has 0 atom stereocenters. The number of rotatable bonds is 4. The second kappa shape index (κ2) is 5.30. The molecule has 0 saturated heterocycles. The summed E-state index contributed by atoms with van der Waals surface area (Å²) < 4.78 is 42.1. The predicted octanol–water partition coefficient (Wildman–Crippen LogP) is 2.49. The summed E-state index contributed by atoms with van der Waals surface area (Å²) in [5.41, 5.74) is 0.509. The van der Waals surface area contributed by atoms with Gasteiger partial charge in [-0.2, -0.15) is 18.3 Å². The molecule has 0 spiro atoms. The molecule has 0 unspecified atom stereocenters. The summed E-state index contributed by atoms with van der Waals surface area (Å²) in [5.74, 6) is 0.225. The molecule has 0 aliphatic rings. The molecular formula is C10H10ClF3N4O. The minimum atomic E-state index is -4.23. The molecule has 0 N–H and O–H groups in total. The van der Waals surface area contributed by atoms with Crippen LogP contribution in [0.3, 0.4) is 0 Å². The Hall–Kier alpha value is -1.41. The molecule has 0 saturated carbocycles. The second-order valence-corrected chi connectivity index (χ2v) is 4.21. The highest BCUT2D eigenvalue weighted by molar-refractivity contribution is 6.33. The van der Waals surface area contributed by atoms with Gasteiger partial charge in [0.15, 0.2) is 11.5 Å². The summed E-state index contributed by atoms with van der Waals surface area (Å²) in [7, 11) is 1.68. The maximum absolute atomic E-state index is 11.9. The molecule has 0 fully saturated rings. The van der Waals surface area contributed by atoms with Crippen molar-refractivity contribution in [2.45, 2.75) is 19.2 Å². The van der Waals surface area contributed by atoms with Crippen molar-refractivity contribution in [3.63, 3.8) is 0 Å². The summed E-state index contributed by atoms with van der Waals surface area (Å²) in [6.07, 6.45) is -3.72. The molecule has 9 heteroatoms. The van der Waals surface area contributed by atoms with E-state index in [1.54, 1.807) is 7.05 Å². The number of aryl methyl sites for hydroxylation is 1. The molecule has 2 aromatic heterocycles. The van der Waals surface area contributed by atoms with E-state index in [1.807, 2.05) is 0 Å². The normalized spacial score (nSPS) is 12.3. The number of aromatic nitrogens is 4. The molecule has 19 heavy (non-hydrogen) atoms. The standard InChI is InChI=1S/C10H10ClF3N4O/c1-18-9-6(4-15-18)8(11)16-7(17-9)5-19-3-2-10(12,13)14/h4H,2-3,5H2,1H3. The lowest BCUT2D eigenvalue weighted by molar-refractivity contribution is -0.146. The zero-order valence-corrected chi connectivity index (χ0v) is 10.7. The fourth-order valence-corrected chi connectivity index (χ4v) is 1.68. The number of halogens is 4. The van der Waals surface area contributed by atoms with Gasteiger partial charge < -0.3 is 4.74 Å². The summed E-state index contributed by atoms with van der Waals surface area (Å²) >= 11 is 5.92. The molecule has 2 aromatic rings. The molecule has 0 radical (unpaired) electrons. The Kier molecular flexibility index (Phi) is 3.91. The van der Waals surface area contributed by atoms with Crippen LogP contribution in [0.2, 0.25) is 5.15 Å². The monoisotopic (exact) mass is 294 g/mol. The van der Waals surface area contributed by atoms with Gasteiger partial charge >= 0.3 is 6.18 Å². The van der Waals surface area contributed by atoms with Crippen LogP contribution < -0.4 is 0 Å². The first-order chi connectivity index (χ1) is 8.87. The lowest BCUT2D eigenvalue weighted by atomic mass is 10.4.